The largest absolute Gasteiger partial charge is 0.452 e. The zero-order chi connectivity index (χ0) is 28.4. The number of ether oxygens (including phenoxy) is 1. The van der Waals surface area contributed by atoms with E-state index in [2.05, 4.69) is 32.2 Å². The third-order valence-corrected chi connectivity index (χ3v) is 7.78. The third kappa shape index (κ3) is 6.22. The van der Waals surface area contributed by atoms with Gasteiger partial charge in [-0.05, 0) is 83.3 Å². The molecule has 204 valence electrons. The number of fused-ring (bicyclic) bond motifs is 2. The van der Waals surface area contributed by atoms with Crippen LogP contribution >= 0.6 is 23.2 Å². The molecule has 1 aliphatic rings. The van der Waals surface area contributed by atoms with Gasteiger partial charge in [0, 0.05) is 21.1 Å². The Labute approximate surface area is 244 Å². The molecule has 0 aliphatic heterocycles. The first kappa shape index (κ1) is 27.9. The number of pyridine rings is 1. The molecule has 1 aliphatic carbocycles. The van der Waals surface area contributed by atoms with Gasteiger partial charge in [-0.2, -0.15) is 0 Å². The van der Waals surface area contributed by atoms with Crippen LogP contribution in [0.4, 0.5) is 5.69 Å². The number of carbonyl (C=O) groups excluding carboxylic acids is 2. The number of para-hydroxylation sites is 1. The molecule has 3 aromatic carbocycles. The first-order valence-electron chi connectivity index (χ1n) is 13.2. The zero-order valence-electron chi connectivity index (χ0n) is 22.6. The molecule has 40 heavy (non-hydrogen) atoms. The second-order valence-electron chi connectivity index (χ2n) is 11.2. The molecular formula is C33H30Cl2N2O3. The second-order valence-corrected chi connectivity index (χ2v) is 12.0. The van der Waals surface area contributed by atoms with E-state index in [1.165, 1.54) is 0 Å². The molecule has 5 nitrogen and oxygen atoms in total. The minimum absolute atomic E-state index is 0.0135. The fraction of sp³-hybridized carbons (Fsp3) is 0.242. The maximum Gasteiger partial charge on any atom is 0.339 e. The molecule has 1 atom stereocenters. The number of nitrogens with one attached hydrogen (secondary N) is 1. The fourth-order valence-electron chi connectivity index (χ4n) is 5.10. The van der Waals surface area contributed by atoms with E-state index < -0.39 is 18.5 Å². The van der Waals surface area contributed by atoms with Crippen molar-refractivity contribution in [2.75, 3.05) is 11.9 Å². The van der Waals surface area contributed by atoms with E-state index in [-0.39, 0.29) is 11.3 Å². The Morgan fingerprint density at radius 3 is 2.45 bits per heavy atom. The molecule has 7 heteroatoms. The molecule has 0 fully saturated rings. The molecule has 0 saturated carbocycles. The molecule has 1 heterocycles. The number of aromatic nitrogens is 1. The van der Waals surface area contributed by atoms with Gasteiger partial charge in [0.15, 0.2) is 6.61 Å². The summed E-state index contributed by atoms with van der Waals surface area (Å²) in [6.07, 6.45) is 3.62. The van der Waals surface area contributed by atoms with Crippen molar-refractivity contribution in [3.05, 3.63) is 105 Å². The highest BCUT2D eigenvalue weighted by Gasteiger charge is 2.35. The van der Waals surface area contributed by atoms with Crippen LogP contribution < -0.4 is 5.32 Å². The van der Waals surface area contributed by atoms with E-state index in [4.69, 9.17) is 32.9 Å². The van der Waals surface area contributed by atoms with Crippen LogP contribution in [0.2, 0.25) is 10.0 Å². The summed E-state index contributed by atoms with van der Waals surface area (Å²) in [5.74, 6) is -0.727. The van der Waals surface area contributed by atoms with E-state index in [9.17, 15) is 9.59 Å². The summed E-state index contributed by atoms with van der Waals surface area (Å²) < 4.78 is 5.61. The molecule has 5 rings (SSSR count). The minimum atomic E-state index is -0.545. The smallest absolute Gasteiger partial charge is 0.339 e. The summed E-state index contributed by atoms with van der Waals surface area (Å²) in [6.45, 7) is 6.23. The van der Waals surface area contributed by atoms with Crippen molar-refractivity contribution in [2.24, 2.45) is 11.3 Å². The van der Waals surface area contributed by atoms with Gasteiger partial charge in [-0.3, -0.25) is 4.79 Å². The Kier molecular flexibility index (Phi) is 7.97. The van der Waals surface area contributed by atoms with Crippen molar-refractivity contribution in [2.45, 2.75) is 33.6 Å². The average molecular weight is 574 g/mol. The predicted molar refractivity (Wildman–Crippen MR) is 163 cm³/mol. The third-order valence-electron chi connectivity index (χ3n) is 7.30. The number of carbonyl (C=O) groups is 2. The number of allylic oxidation sites excluding steroid dienone is 1. The molecule has 4 aromatic rings. The standard InChI is InChI=1S/C33H30Cl2N2O3/c1-33(2,3)22-16-21(15-20-11-13-23(34)14-12-20)31-27(17-22)30(26-9-4-5-10-28(26)37-31)32(39)40-19-29(38)36-25-8-6-7-24(35)18-25/h4-15,18,22H,16-17,19H2,1-3H3,(H,36,38). The van der Waals surface area contributed by atoms with E-state index >= 15 is 0 Å². The number of hydrogen-bond acceptors (Lipinski definition) is 4. The van der Waals surface area contributed by atoms with Gasteiger partial charge in [0.1, 0.15) is 0 Å². The number of benzene rings is 3. The Balaban J connectivity index is 1.54. The molecule has 1 aromatic heterocycles. The zero-order valence-corrected chi connectivity index (χ0v) is 24.1. The average Bonchev–Trinajstić information content (AvgIpc) is 2.91. The number of hydrogen-bond donors (Lipinski definition) is 1. The minimum Gasteiger partial charge on any atom is -0.452 e. The van der Waals surface area contributed by atoms with Crippen LogP contribution in [0.15, 0.2) is 72.8 Å². The Morgan fingerprint density at radius 1 is 0.975 bits per heavy atom. The van der Waals surface area contributed by atoms with E-state index in [0.29, 0.717) is 38.6 Å². The van der Waals surface area contributed by atoms with E-state index in [1.807, 2.05) is 48.5 Å². The summed E-state index contributed by atoms with van der Waals surface area (Å²) >= 11 is 12.1. The van der Waals surface area contributed by atoms with Crippen LogP contribution in [-0.2, 0) is 16.0 Å². The predicted octanol–water partition coefficient (Wildman–Crippen LogP) is 8.49. The molecule has 1 amide bonds. The second kappa shape index (κ2) is 11.4. The Morgan fingerprint density at radius 2 is 1.73 bits per heavy atom. The number of nitrogens with zero attached hydrogens (tertiary/aromatic N) is 1. The number of esters is 1. The fourth-order valence-corrected chi connectivity index (χ4v) is 5.41. The number of rotatable bonds is 5. The summed E-state index contributed by atoms with van der Waals surface area (Å²) in [6, 6.07) is 22.1. The van der Waals surface area contributed by atoms with Gasteiger partial charge in [0.25, 0.3) is 5.91 Å². The van der Waals surface area contributed by atoms with Gasteiger partial charge < -0.3 is 10.1 Å². The van der Waals surface area contributed by atoms with Gasteiger partial charge >= 0.3 is 5.97 Å². The Bertz CT molecular complexity index is 1620. The molecule has 1 unspecified atom stereocenters. The normalized spacial score (nSPS) is 16.0. The van der Waals surface area contributed by atoms with Gasteiger partial charge in [0.2, 0.25) is 0 Å². The topological polar surface area (TPSA) is 68.3 Å². The van der Waals surface area contributed by atoms with Crippen molar-refractivity contribution in [3.63, 3.8) is 0 Å². The first-order chi connectivity index (χ1) is 19.1. The molecule has 0 saturated heterocycles. The van der Waals surface area contributed by atoms with Crippen LogP contribution in [0.25, 0.3) is 22.6 Å². The van der Waals surface area contributed by atoms with Gasteiger partial charge in [-0.1, -0.05) is 80.4 Å². The lowest BCUT2D eigenvalue weighted by atomic mass is 9.69. The van der Waals surface area contributed by atoms with E-state index in [1.54, 1.807) is 24.3 Å². The highest BCUT2D eigenvalue weighted by Crippen LogP contribution is 2.45. The molecule has 0 radical (unpaired) electrons. The monoisotopic (exact) mass is 572 g/mol. The lowest BCUT2D eigenvalue weighted by Crippen LogP contribution is -2.29. The van der Waals surface area contributed by atoms with Crippen LogP contribution in [0.5, 0.6) is 0 Å². The first-order valence-corrected chi connectivity index (χ1v) is 13.9. The summed E-state index contributed by atoms with van der Waals surface area (Å²) in [4.78, 5) is 31.4. The number of anilines is 1. The Hall–Kier alpha value is -3.67. The number of amides is 1. The maximum absolute atomic E-state index is 13.7. The van der Waals surface area contributed by atoms with Gasteiger partial charge in [-0.15, -0.1) is 0 Å². The summed E-state index contributed by atoms with van der Waals surface area (Å²) in [5, 5.41) is 4.61. The number of halogens is 2. The summed E-state index contributed by atoms with van der Waals surface area (Å²) in [5.41, 5.74) is 5.40. The molecule has 0 bridgehead atoms. The van der Waals surface area contributed by atoms with Crippen molar-refractivity contribution in [3.8, 4) is 0 Å². The molecule has 1 N–H and O–H groups in total. The van der Waals surface area contributed by atoms with Crippen LogP contribution in [0.1, 0.15) is 54.4 Å². The lowest BCUT2D eigenvalue weighted by molar-refractivity contribution is -0.119. The van der Waals surface area contributed by atoms with Crippen LogP contribution in [0, 0.1) is 11.3 Å². The van der Waals surface area contributed by atoms with Crippen molar-refractivity contribution >= 4 is 63.3 Å². The van der Waals surface area contributed by atoms with Crippen LogP contribution in [0.3, 0.4) is 0 Å². The lowest BCUT2D eigenvalue weighted by Gasteiger charge is -2.36. The van der Waals surface area contributed by atoms with Crippen molar-refractivity contribution < 1.29 is 14.3 Å². The van der Waals surface area contributed by atoms with Crippen LogP contribution in [-0.4, -0.2) is 23.5 Å². The van der Waals surface area contributed by atoms with Crippen molar-refractivity contribution in [1.29, 1.82) is 0 Å². The molecular weight excluding hydrogens is 543 g/mol. The van der Waals surface area contributed by atoms with Gasteiger partial charge in [0.05, 0.1) is 16.8 Å². The quantitative estimate of drug-likeness (QED) is 0.243. The highest BCUT2D eigenvalue weighted by atomic mass is 35.5. The highest BCUT2D eigenvalue weighted by molar-refractivity contribution is 6.31. The van der Waals surface area contributed by atoms with Gasteiger partial charge in [-0.25, -0.2) is 9.78 Å². The maximum atomic E-state index is 13.7. The van der Waals surface area contributed by atoms with Crippen molar-refractivity contribution in [1.82, 2.24) is 4.98 Å². The molecule has 0 spiro atoms. The van der Waals surface area contributed by atoms with E-state index in [0.717, 1.165) is 28.8 Å². The summed E-state index contributed by atoms with van der Waals surface area (Å²) in [7, 11) is 0. The SMILES string of the molecule is CC(C)(C)C1CC(=Cc2ccc(Cl)cc2)c2nc3ccccc3c(C(=O)OCC(=O)Nc3cccc(Cl)c3)c2C1.